The predicted molar refractivity (Wildman–Crippen MR) is 111 cm³/mol. The first-order valence-electron chi connectivity index (χ1n) is 8.75. The SMILES string of the molecule is CCN(CC)CCCCN=C(N)NC1CCOc2ccccc21.I. The van der Waals surface area contributed by atoms with E-state index in [1.54, 1.807) is 0 Å². The van der Waals surface area contributed by atoms with E-state index in [2.05, 4.69) is 35.1 Å². The summed E-state index contributed by atoms with van der Waals surface area (Å²) in [5.41, 5.74) is 7.21. The number of rotatable bonds is 8. The zero-order valence-electron chi connectivity index (χ0n) is 14.8. The number of halogens is 1. The summed E-state index contributed by atoms with van der Waals surface area (Å²) in [5, 5.41) is 3.33. The van der Waals surface area contributed by atoms with Gasteiger partial charge in [0.05, 0.1) is 12.6 Å². The van der Waals surface area contributed by atoms with Gasteiger partial charge in [0.15, 0.2) is 5.96 Å². The van der Waals surface area contributed by atoms with Crippen LogP contribution in [0.5, 0.6) is 5.75 Å². The maximum atomic E-state index is 6.04. The van der Waals surface area contributed by atoms with Crippen molar-refractivity contribution in [3.63, 3.8) is 0 Å². The summed E-state index contributed by atoms with van der Waals surface area (Å²) in [4.78, 5) is 6.90. The van der Waals surface area contributed by atoms with Crippen molar-refractivity contribution in [3.05, 3.63) is 29.8 Å². The van der Waals surface area contributed by atoms with Crippen LogP contribution in [0.3, 0.4) is 0 Å². The molecular formula is C18H31IN4O. The van der Waals surface area contributed by atoms with Gasteiger partial charge in [-0.25, -0.2) is 0 Å². The minimum absolute atomic E-state index is 0. The second kappa shape index (κ2) is 11.5. The Kier molecular flexibility index (Phi) is 10.1. The lowest BCUT2D eigenvalue weighted by molar-refractivity contribution is 0.262. The molecule has 1 atom stereocenters. The molecule has 0 fully saturated rings. The molecule has 0 bridgehead atoms. The smallest absolute Gasteiger partial charge is 0.189 e. The van der Waals surface area contributed by atoms with Crippen molar-refractivity contribution < 1.29 is 4.74 Å². The van der Waals surface area contributed by atoms with E-state index in [-0.39, 0.29) is 30.0 Å². The number of nitrogens with two attached hydrogens (primary N) is 1. The summed E-state index contributed by atoms with van der Waals surface area (Å²) in [6, 6.07) is 8.31. The molecule has 0 saturated heterocycles. The van der Waals surface area contributed by atoms with E-state index in [0.29, 0.717) is 12.6 Å². The van der Waals surface area contributed by atoms with Crippen LogP contribution in [0, 0.1) is 0 Å². The standard InChI is InChI=1S/C18H30N4O.HI/c1-3-22(4-2)13-8-7-12-20-18(19)21-16-11-14-23-17-10-6-5-9-15(16)17;/h5-6,9-10,16H,3-4,7-8,11-14H2,1-2H3,(H3,19,20,21);1H. The predicted octanol–water partition coefficient (Wildman–Crippen LogP) is 3.15. The number of nitrogens with zero attached hydrogens (tertiary/aromatic N) is 2. The zero-order valence-corrected chi connectivity index (χ0v) is 17.2. The fourth-order valence-corrected chi connectivity index (χ4v) is 2.90. The van der Waals surface area contributed by atoms with Gasteiger partial charge in [-0.15, -0.1) is 24.0 Å². The first-order valence-corrected chi connectivity index (χ1v) is 8.75. The van der Waals surface area contributed by atoms with Crippen molar-refractivity contribution in [3.8, 4) is 5.75 Å². The molecule has 0 saturated carbocycles. The quantitative estimate of drug-likeness (QED) is 0.279. The number of unbranched alkanes of at least 4 members (excludes halogenated alkanes) is 1. The molecule has 0 spiro atoms. The number of fused-ring (bicyclic) bond motifs is 1. The first kappa shape index (κ1) is 21.0. The number of ether oxygens (including phenoxy) is 1. The minimum Gasteiger partial charge on any atom is -0.493 e. The van der Waals surface area contributed by atoms with E-state index in [1.165, 1.54) is 12.0 Å². The Morgan fingerprint density at radius 1 is 1.29 bits per heavy atom. The first-order chi connectivity index (χ1) is 11.2. The van der Waals surface area contributed by atoms with E-state index in [4.69, 9.17) is 10.5 Å². The van der Waals surface area contributed by atoms with Gasteiger partial charge in [0.25, 0.3) is 0 Å². The molecule has 0 amide bonds. The lowest BCUT2D eigenvalue weighted by Gasteiger charge is -2.26. The van der Waals surface area contributed by atoms with Crippen LogP contribution in [0.4, 0.5) is 0 Å². The molecule has 1 aliphatic rings. The van der Waals surface area contributed by atoms with E-state index < -0.39 is 0 Å². The monoisotopic (exact) mass is 446 g/mol. The Balaban J connectivity index is 0.00000288. The summed E-state index contributed by atoms with van der Waals surface area (Å²) >= 11 is 0. The molecule has 1 unspecified atom stereocenters. The van der Waals surface area contributed by atoms with Gasteiger partial charge in [-0.05, 0) is 38.5 Å². The molecule has 136 valence electrons. The van der Waals surface area contributed by atoms with Gasteiger partial charge in [-0.2, -0.15) is 0 Å². The number of hydrogen-bond donors (Lipinski definition) is 2. The molecule has 6 heteroatoms. The van der Waals surface area contributed by atoms with Crippen LogP contribution < -0.4 is 15.8 Å². The molecule has 3 N–H and O–H groups in total. The number of hydrogen-bond acceptors (Lipinski definition) is 3. The molecule has 5 nitrogen and oxygen atoms in total. The van der Waals surface area contributed by atoms with Crippen molar-refractivity contribution in [2.24, 2.45) is 10.7 Å². The highest BCUT2D eigenvalue weighted by molar-refractivity contribution is 14.0. The maximum absolute atomic E-state index is 6.04. The van der Waals surface area contributed by atoms with Crippen LogP contribution in [-0.4, -0.2) is 43.6 Å². The lowest BCUT2D eigenvalue weighted by Crippen LogP contribution is -2.37. The van der Waals surface area contributed by atoms with Gasteiger partial charge >= 0.3 is 0 Å². The second-order valence-corrected chi connectivity index (χ2v) is 5.87. The normalized spacial score (nSPS) is 17.0. The third kappa shape index (κ3) is 6.47. The summed E-state index contributed by atoms with van der Waals surface area (Å²) in [7, 11) is 0. The molecular weight excluding hydrogens is 415 g/mol. The molecule has 2 rings (SSSR count). The molecule has 1 aliphatic heterocycles. The largest absolute Gasteiger partial charge is 0.493 e. The summed E-state index contributed by atoms with van der Waals surface area (Å²) in [5.74, 6) is 1.48. The molecule has 0 aliphatic carbocycles. The van der Waals surface area contributed by atoms with Gasteiger partial charge in [0.1, 0.15) is 5.75 Å². The van der Waals surface area contributed by atoms with Crippen molar-refractivity contribution in [2.75, 3.05) is 32.8 Å². The molecule has 24 heavy (non-hydrogen) atoms. The van der Waals surface area contributed by atoms with Crippen molar-refractivity contribution >= 4 is 29.9 Å². The highest BCUT2D eigenvalue weighted by Gasteiger charge is 2.21. The Hall–Kier alpha value is -1.02. The van der Waals surface area contributed by atoms with Crippen molar-refractivity contribution in [1.29, 1.82) is 0 Å². The van der Waals surface area contributed by atoms with Crippen LogP contribution >= 0.6 is 24.0 Å². The van der Waals surface area contributed by atoms with E-state index in [0.717, 1.165) is 44.8 Å². The second-order valence-electron chi connectivity index (χ2n) is 5.87. The summed E-state index contributed by atoms with van der Waals surface area (Å²) < 4.78 is 5.67. The zero-order chi connectivity index (χ0) is 16.5. The minimum atomic E-state index is 0. The van der Waals surface area contributed by atoms with Gasteiger partial charge < -0.3 is 20.7 Å². The Morgan fingerprint density at radius 2 is 2.04 bits per heavy atom. The number of para-hydroxylation sites is 1. The van der Waals surface area contributed by atoms with Crippen LogP contribution in [0.25, 0.3) is 0 Å². The number of nitrogens with one attached hydrogen (secondary N) is 1. The Labute approximate surface area is 163 Å². The topological polar surface area (TPSA) is 62.9 Å². The average molecular weight is 446 g/mol. The van der Waals surface area contributed by atoms with Gasteiger partial charge in [0.2, 0.25) is 0 Å². The molecule has 1 aromatic carbocycles. The van der Waals surface area contributed by atoms with Gasteiger partial charge in [-0.3, -0.25) is 4.99 Å². The number of aliphatic imine (C=N–C) groups is 1. The van der Waals surface area contributed by atoms with Crippen molar-refractivity contribution in [2.45, 2.75) is 39.2 Å². The number of guanidine groups is 1. The van der Waals surface area contributed by atoms with Gasteiger partial charge in [-0.1, -0.05) is 32.0 Å². The van der Waals surface area contributed by atoms with Crippen LogP contribution in [-0.2, 0) is 0 Å². The van der Waals surface area contributed by atoms with E-state index >= 15 is 0 Å². The van der Waals surface area contributed by atoms with Crippen molar-refractivity contribution in [1.82, 2.24) is 10.2 Å². The Bertz CT molecular complexity index is 506. The summed E-state index contributed by atoms with van der Waals surface area (Å²) in [6.07, 6.45) is 3.15. The van der Waals surface area contributed by atoms with Crippen LogP contribution in [0.2, 0.25) is 0 Å². The molecule has 1 heterocycles. The third-order valence-corrected chi connectivity index (χ3v) is 4.34. The third-order valence-electron chi connectivity index (χ3n) is 4.34. The lowest BCUT2D eigenvalue weighted by atomic mass is 10.0. The van der Waals surface area contributed by atoms with Gasteiger partial charge in [0, 0.05) is 18.5 Å². The van der Waals surface area contributed by atoms with Crippen LogP contribution in [0.15, 0.2) is 29.3 Å². The highest BCUT2D eigenvalue weighted by atomic mass is 127. The van der Waals surface area contributed by atoms with E-state index in [9.17, 15) is 0 Å². The maximum Gasteiger partial charge on any atom is 0.189 e. The van der Waals surface area contributed by atoms with Crippen LogP contribution in [0.1, 0.15) is 44.7 Å². The number of benzene rings is 1. The summed E-state index contributed by atoms with van der Waals surface area (Å²) in [6.45, 7) is 9.28. The van der Waals surface area contributed by atoms with E-state index in [1.807, 2.05) is 18.2 Å². The average Bonchev–Trinajstić information content (AvgIpc) is 2.58. The fourth-order valence-electron chi connectivity index (χ4n) is 2.90. The fraction of sp³-hybridized carbons (Fsp3) is 0.611. The molecule has 1 aromatic rings. The molecule has 0 aromatic heterocycles. The Morgan fingerprint density at radius 3 is 2.79 bits per heavy atom. The highest BCUT2D eigenvalue weighted by Crippen LogP contribution is 2.31. The molecule has 0 radical (unpaired) electrons.